The van der Waals surface area contributed by atoms with Crippen LogP contribution in [0.3, 0.4) is 0 Å². The van der Waals surface area contributed by atoms with Crippen LogP contribution in [0.4, 0.5) is 4.79 Å². The number of ether oxygens (including phenoxy) is 2. The van der Waals surface area contributed by atoms with Crippen LogP contribution in [0.25, 0.3) is 0 Å². The largest absolute Gasteiger partial charge is 0.497 e. The maximum Gasteiger partial charge on any atom is 0.410 e. The molecule has 3 rings (SSSR count). The third-order valence-corrected chi connectivity index (χ3v) is 7.11. The van der Waals surface area contributed by atoms with E-state index in [0.29, 0.717) is 31.8 Å². The van der Waals surface area contributed by atoms with Gasteiger partial charge in [-0.05, 0) is 37.1 Å². The summed E-state index contributed by atoms with van der Waals surface area (Å²) in [4.78, 5) is 27.9. The molecule has 10 heteroatoms. The molecule has 2 heterocycles. The highest BCUT2D eigenvalue weighted by Gasteiger charge is 2.39. The molecule has 2 aliphatic rings. The van der Waals surface area contributed by atoms with E-state index in [1.54, 1.807) is 17.0 Å². The van der Waals surface area contributed by atoms with Gasteiger partial charge in [0, 0.05) is 32.7 Å². The Morgan fingerprint density at radius 3 is 2.21 bits per heavy atom. The minimum atomic E-state index is -3.63. The van der Waals surface area contributed by atoms with Gasteiger partial charge in [-0.1, -0.05) is 0 Å². The van der Waals surface area contributed by atoms with Crippen molar-refractivity contribution in [3.63, 3.8) is 0 Å². The number of amides is 2. The Bertz CT molecular complexity index is 818. The van der Waals surface area contributed by atoms with Crippen molar-refractivity contribution in [3.8, 4) is 5.75 Å². The van der Waals surface area contributed by atoms with Crippen molar-refractivity contribution in [1.82, 2.24) is 14.1 Å². The van der Waals surface area contributed by atoms with E-state index in [9.17, 15) is 18.0 Å². The van der Waals surface area contributed by atoms with Crippen molar-refractivity contribution in [1.29, 1.82) is 0 Å². The summed E-state index contributed by atoms with van der Waals surface area (Å²) in [5, 5.41) is 0. The summed E-state index contributed by atoms with van der Waals surface area (Å²) in [6.07, 6.45) is 0.840. The van der Waals surface area contributed by atoms with Crippen LogP contribution in [0.15, 0.2) is 29.2 Å². The molecular formula is C18H25N3O6S. The average molecular weight is 411 g/mol. The Balaban J connectivity index is 1.63. The van der Waals surface area contributed by atoms with Gasteiger partial charge in [0.2, 0.25) is 15.9 Å². The molecule has 1 unspecified atom stereocenters. The quantitative estimate of drug-likeness (QED) is 0.726. The molecule has 2 fully saturated rings. The first-order valence-electron chi connectivity index (χ1n) is 9.16. The molecule has 1 atom stereocenters. The monoisotopic (exact) mass is 411 g/mol. The number of hydrogen-bond acceptors (Lipinski definition) is 6. The molecule has 2 amide bonds. The predicted molar refractivity (Wildman–Crippen MR) is 100 cm³/mol. The Kier molecular flexibility index (Phi) is 6.09. The van der Waals surface area contributed by atoms with Gasteiger partial charge in [-0.2, -0.15) is 4.31 Å². The van der Waals surface area contributed by atoms with Gasteiger partial charge in [0.15, 0.2) is 0 Å². The van der Waals surface area contributed by atoms with Crippen molar-refractivity contribution >= 4 is 22.0 Å². The van der Waals surface area contributed by atoms with Gasteiger partial charge < -0.3 is 14.4 Å². The Hall–Kier alpha value is -2.33. The van der Waals surface area contributed by atoms with Crippen molar-refractivity contribution in [2.45, 2.75) is 23.8 Å². The second kappa shape index (κ2) is 8.36. The highest BCUT2D eigenvalue weighted by molar-refractivity contribution is 7.89. The van der Waals surface area contributed by atoms with E-state index in [-0.39, 0.29) is 23.9 Å². The first kappa shape index (κ1) is 20.4. The first-order valence-corrected chi connectivity index (χ1v) is 10.6. The molecule has 0 saturated carbocycles. The number of piperazine rings is 1. The summed E-state index contributed by atoms with van der Waals surface area (Å²) < 4.78 is 36.8. The van der Waals surface area contributed by atoms with Gasteiger partial charge in [0.05, 0.1) is 19.1 Å². The summed E-state index contributed by atoms with van der Waals surface area (Å²) in [7, 11) is -0.812. The summed E-state index contributed by atoms with van der Waals surface area (Å²) >= 11 is 0. The Labute approximate surface area is 164 Å². The number of carbonyl (C=O) groups is 2. The lowest BCUT2D eigenvalue weighted by Gasteiger charge is -2.36. The summed E-state index contributed by atoms with van der Waals surface area (Å²) in [5.41, 5.74) is 0. The summed E-state index contributed by atoms with van der Waals surface area (Å²) in [6, 6.07) is 5.70. The number of likely N-dealkylation sites (tertiary alicyclic amines) is 1. The SMILES string of the molecule is COC(=O)N1CCCC1C(=O)N1CCN(S(=O)(=O)c2ccc(OC)cc2)CC1. The number of sulfonamides is 1. The fraction of sp³-hybridized carbons (Fsp3) is 0.556. The van der Waals surface area contributed by atoms with E-state index >= 15 is 0 Å². The van der Waals surface area contributed by atoms with Gasteiger partial charge in [-0.25, -0.2) is 13.2 Å². The van der Waals surface area contributed by atoms with E-state index < -0.39 is 22.2 Å². The molecule has 0 aromatic heterocycles. The summed E-state index contributed by atoms with van der Waals surface area (Å²) in [6.45, 7) is 1.50. The Morgan fingerprint density at radius 1 is 1.00 bits per heavy atom. The zero-order valence-electron chi connectivity index (χ0n) is 16.0. The highest BCUT2D eigenvalue weighted by atomic mass is 32.2. The highest BCUT2D eigenvalue weighted by Crippen LogP contribution is 2.23. The number of nitrogens with zero attached hydrogens (tertiary/aromatic N) is 3. The third kappa shape index (κ3) is 3.93. The minimum Gasteiger partial charge on any atom is -0.497 e. The summed E-state index contributed by atoms with van der Waals surface area (Å²) in [5.74, 6) is 0.436. The maximum absolute atomic E-state index is 12.8. The molecule has 1 aromatic carbocycles. The van der Waals surface area contributed by atoms with E-state index in [1.165, 1.54) is 35.6 Å². The van der Waals surface area contributed by atoms with E-state index in [4.69, 9.17) is 9.47 Å². The van der Waals surface area contributed by atoms with Crippen molar-refractivity contribution in [2.24, 2.45) is 0 Å². The number of benzene rings is 1. The molecule has 0 bridgehead atoms. The van der Waals surface area contributed by atoms with Crippen LogP contribution >= 0.6 is 0 Å². The molecule has 0 radical (unpaired) electrons. The van der Waals surface area contributed by atoms with Gasteiger partial charge >= 0.3 is 6.09 Å². The lowest BCUT2D eigenvalue weighted by molar-refractivity contribution is -0.136. The smallest absolute Gasteiger partial charge is 0.410 e. The second-order valence-electron chi connectivity index (χ2n) is 6.73. The van der Waals surface area contributed by atoms with Gasteiger partial charge in [-0.15, -0.1) is 0 Å². The molecule has 154 valence electrons. The lowest BCUT2D eigenvalue weighted by Crippen LogP contribution is -2.55. The third-order valence-electron chi connectivity index (χ3n) is 5.19. The van der Waals surface area contributed by atoms with Crippen LogP contribution in [-0.2, 0) is 19.6 Å². The van der Waals surface area contributed by atoms with Crippen LogP contribution in [0.2, 0.25) is 0 Å². The predicted octanol–water partition coefficient (Wildman–Crippen LogP) is 0.759. The first-order chi connectivity index (χ1) is 13.4. The van der Waals surface area contributed by atoms with Crippen LogP contribution in [0, 0.1) is 0 Å². The Morgan fingerprint density at radius 2 is 1.64 bits per heavy atom. The zero-order chi connectivity index (χ0) is 20.3. The standard InChI is InChI=1S/C18H25N3O6S/c1-26-14-5-7-15(8-6-14)28(24,25)20-12-10-19(11-13-20)17(22)16-4-3-9-21(16)18(23)27-2/h5-8,16H,3-4,9-13H2,1-2H3. The van der Waals surface area contributed by atoms with Crippen LogP contribution in [0.5, 0.6) is 5.75 Å². The molecule has 28 heavy (non-hydrogen) atoms. The molecule has 2 aliphatic heterocycles. The average Bonchev–Trinajstić information content (AvgIpc) is 3.22. The molecule has 1 aromatic rings. The van der Waals surface area contributed by atoms with Crippen molar-refractivity contribution < 1.29 is 27.5 Å². The van der Waals surface area contributed by atoms with E-state index in [2.05, 4.69) is 0 Å². The molecule has 0 aliphatic carbocycles. The minimum absolute atomic E-state index is 0.149. The molecule has 2 saturated heterocycles. The zero-order valence-corrected chi connectivity index (χ0v) is 16.9. The molecule has 9 nitrogen and oxygen atoms in total. The van der Waals surface area contributed by atoms with Gasteiger partial charge in [0.25, 0.3) is 0 Å². The fourth-order valence-electron chi connectivity index (χ4n) is 3.62. The van der Waals surface area contributed by atoms with E-state index in [0.717, 1.165) is 6.42 Å². The number of rotatable bonds is 4. The van der Waals surface area contributed by atoms with Crippen LogP contribution < -0.4 is 4.74 Å². The number of methoxy groups -OCH3 is 2. The van der Waals surface area contributed by atoms with Crippen molar-refractivity contribution in [2.75, 3.05) is 46.9 Å². The van der Waals surface area contributed by atoms with E-state index in [1.807, 2.05) is 0 Å². The topological polar surface area (TPSA) is 96.5 Å². The normalized spacial score (nSPS) is 20.9. The number of hydrogen-bond donors (Lipinski definition) is 0. The van der Waals surface area contributed by atoms with Crippen LogP contribution in [-0.4, -0.2) is 87.5 Å². The fourth-order valence-corrected chi connectivity index (χ4v) is 5.04. The van der Waals surface area contributed by atoms with Gasteiger partial charge in [0.1, 0.15) is 11.8 Å². The maximum atomic E-state index is 12.8. The van der Waals surface area contributed by atoms with Gasteiger partial charge in [-0.3, -0.25) is 9.69 Å². The number of carbonyl (C=O) groups excluding carboxylic acids is 2. The lowest BCUT2D eigenvalue weighted by atomic mass is 10.2. The van der Waals surface area contributed by atoms with Crippen molar-refractivity contribution in [3.05, 3.63) is 24.3 Å². The van der Waals surface area contributed by atoms with Crippen LogP contribution in [0.1, 0.15) is 12.8 Å². The molecule has 0 N–H and O–H groups in total. The molecular weight excluding hydrogens is 386 g/mol. The second-order valence-corrected chi connectivity index (χ2v) is 8.66. The molecule has 0 spiro atoms.